The van der Waals surface area contributed by atoms with E-state index in [1.54, 1.807) is 24.3 Å². The molecule has 0 aliphatic heterocycles. The number of Topliss-reactive ketones (excluding diaryl/α,β-unsaturated/α-hetero) is 1. The molecular weight excluding hydrogens is 360 g/mol. The highest BCUT2D eigenvalue weighted by atomic mass is 16.1. The summed E-state index contributed by atoms with van der Waals surface area (Å²) in [5.74, 6) is -0.222. The van der Waals surface area contributed by atoms with E-state index in [0.29, 0.717) is 16.8 Å². The van der Waals surface area contributed by atoms with Crippen LogP contribution in [-0.4, -0.2) is 16.7 Å². The number of fused-ring (bicyclic) bond motifs is 1. The third kappa shape index (κ3) is 3.78. The monoisotopic (exact) mass is 380 g/mol. The summed E-state index contributed by atoms with van der Waals surface area (Å²) >= 11 is 0. The van der Waals surface area contributed by atoms with Crippen LogP contribution >= 0.6 is 0 Å². The highest BCUT2D eigenvalue weighted by Gasteiger charge is 2.15. The molecule has 0 atom stereocenters. The number of aromatic nitrogens is 1. The third-order valence-corrected chi connectivity index (χ3v) is 4.93. The van der Waals surface area contributed by atoms with Gasteiger partial charge in [-0.2, -0.15) is 0 Å². The first-order valence-corrected chi connectivity index (χ1v) is 9.41. The molecule has 0 unspecified atom stereocenters. The second-order valence-electron chi connectivity index (χ2n) is 6.97. The zero-order valence-electron chi connectivity index (χ0n) is 16.3. The molecule has 0 saturated carbocycles. The minimum Gasteiger partial charge on any atom is -0.322 e. The molecule has 4 heteroatoms. The van der Waals surface area contributed by atoms with Crippen LogP contribution in [0.2, 0.25) is 0 Å². The fourth-order valence-corrected chi connectivity index (χ4v) is 3.35. The SMILES string of the molecule is CC(=O)c1ccc(NC(=O)c2cc(-c3ccccc3C)nc3ccccc23)cc1. The van der Waals surface area contributed by atoms with E-state index in [2.05, 4.69) is 5.32 Å². The highest BCUT2D eigenvalue weighted by Crippen LogP contribution is 2.27. The maximum atomic E-state index is 13.1. The van der Waals surface area contributed by atoms with Crippen molar-refractivity contribution < 1.29 is 9.59 Å². The van der Waals surface area contributed by atoms with Gasteiger partial charge in [0.1, 0.15) is 0 Å². The van der Waals surface area contributed by atoms with Crippen molar-refractivity contribution in [2.75, 3.05) is 5.32 Å². The molecular formula is C25H20N2O2. The molecule has 1 amide bonds. The average Bonchev–Trinajstić information content (AvgIpc) is 2.73. The van der Waals surface area contributed by atoms with Crippen molar-refractivity contribution in [3.8, 4) is 11.3 Å². The number of carbonyl (C=O) groups is 2. The molecule has 0 aliphatic rings. The first-order valence-electron chi connectivity index (χ1n) is 9.41. The number of benzene rings is 3. The normalized spacial score (nSPS) is 10.7. The van der Waals surface area contributed by atoms with Crippen molar-refractivity contribution in [3.63, 3.8) is 0 Å². The molecule has 0 spiro atoms. The van der Waals surface area contributed by atoms with Gasteiger partial charge in [0.25, 0.3) is 5.91 Å². The Labute approximate surface area is 169 Å². The van der Waals surface area contributed by atoms with Crippen LogP contribution in [-0.2, 0) is 0 Å². The zero-order valence-corrected chi connectivity index (χ0v) is 16.3. The molecule has 1 N–H and O–H groups in total. The summed E-state index contributed by atoms with van der Waals surface area (Å²) in [7, 11) is 0. The fourth-order valence-electron chi connectivity index (χ4n) is 3.35. The van der Waals surface area contributed by atoms with Crippen molar-refractivity contribution in [1.29, 1.82) is 0 Å². The van der Waals surface area contributed by atoms with Gasteiger partial charge in [-0.05, 0) is 55.8 Å². The number of carbonyl (C=O) groups excluding carboxylic acids is 2. The third-order valence-electron chi connectivity index (χ3n) is 4.93. The number of amides is 1. The van der Waals surface area contributed by atoms with Crippen LogP contribution in [0, 0.1) is 6.92 Å². The Bertz CT molecular complexity index is 1230. The summed E-state index contributed by atoms with van der Waals surface area (Å²) < 4.78 is 0. The molecule has 3 aromatic carbocycles. The number of hydrogen-bond acceptors (Lipinski definition) is 3. The molecule has 1 heterocycles. The Balaban J connectivity index is 1.76. The van der Waals surface area contributed by atoms with Gasteiger partial charge in [0.15, 0.2) is 5.78 Å². The number of para-hydroxylation sites is 1. The van der Waals surface area contributed by atoms with Crippen LogP contribution in [0.5, 0.6) is 0 Å². The van der Waals surface area contributed by atoms with Crippen molar-refractivity contribution in [1.82, 2.24) is 4.98 Å². The first kappa shape index (κ1) is 18.6. The molecule has 4 rings (SSSR count). The van der Waals surface area contributed by atoms with Gasteiger partial charge in [0.2, 0.25) is 0 Å². The maximum Gasteiger partial charge on any atom is 0.256 e. The minimum atomic E-state index is -0.214. The predicted octanol–water partition coefficient (Wildman–Crippen LogP) is 5.67. The van der Waals surface area contributed by atoms with Crippen LogP contribution in [0.4, 0.5) is 5.69 Å². The van der Waals surface area contributed by atoms with Crippen LogP contribution in [0.3, 0.4) is 0 Å². The molecule has 1 aromatic heterocycles. The summed E-state index contributed by atoms with van der Waals surface area (Å²) in [5, 5.41) is 3.73. The molecule has 142 valence electrons. The first-order chi connectivity index (χ1) is 14.0. The van der Waals surface area contributed by atoms with E-state index < -0.39 is 0 Å². The van der Waals surface area contributed by atoms with Gasteiger partial charge in [0, 0.05) is 22.2 Å². The molecule has 4 nitrogen and oxygen atoms in total. The number of hydrogen-bond donors (Lipinski definition) is 1. The van der Waals surface area contributed by atoms with Gasteiger partial charge < -0.3 is 5.32 Å². The zero-order chi connectivity index (χ0) is 20.4. The van der Waals surface area contributed by atoms with Crippen molar-refractivity contribution in [2.24, 2.45) is 0 Å². The summed E-state index contributed by atoms with van der Waals surface area (Å²) in [5.41, 5.74) is 5.44. The van der Waals surface area contributed by atoms with Crippen molar-refractivity contribution in [2.45, 2.75) is 13.8 Å². The number of ketones is 1. The molecule has 0 aliphatic carbocycles. The predicted molar refractivity (Wildman–Crippen MR) is 116 cm³/mol. The van der Waals surface area contributed by atoms with Gasteiger partial charge in [-0.15, -0.1) is 0 Å². The number of aryl methyl sites for hydroxylation is 1. The Hall–Kier alpha value is -3.79. The van der Waals surface area contributed by atoms with Gasteiger partial charge in [0.05, 0.1) is 16.8 Å². The van der Waals surface area contributed by atoms with Crippen LogP contribution < -0.4 is 5.32 Å². The van der Waals surface area contributed by atoms with Gasteiger partial charge >= 0.3 is 0 Å². The van der Waals surface area contributed by atoms with E-state index in [9.17, 15) is 9.59 Å². The fraction of sp³-hybridized carbons (Fsp3) is 0.0800. The van der Waals surface area contributed by atoms with Crippen LogP contribution in [0.25, 0.3) is 22.2 Å². The lowest BCUT2D eigenvalue weighted by Gasteiger charge is -2.12. The molecule has 0 fully saturated rings. The number of anilines is 1. The van der Waals surface area contributed by atoms with Gasteiger partial charge in [-0.3, -0.25) is 9.59 Å². The molecule has 0 bridgehead atoms. The number of pyridine rings is 1. The Morgan fingerprint density at radius 2 is 1.55 bits per heavy atom. The summed E-state index contributed by atoms with van der Waals surface area (Å²) in [6.45, 7) is 3.55. The van der Waals surface area contributed by atoms with Gasteiger partial charge in [-0.1, -0.05) is 42.5 Å². The van der Waals surface area contributed by atoms with Crippen molar-refractivity contribution in [3.05, 3.63) is 95.6 Å². The maximum absolute atomic E-state index is 13.1. The average molecular weight is 380 g/mol. The van der Waals surface area contributed by atoms with E-state index in [4.69, 9.17) is 4.98 Å². The lowest BCUT2D eigenvalue weighted by atomic mass is 10.0. The Morgan fingerprint density at radius 1 is 0.862 bits per heavy atom. The minimum absolute atomic E-state index is 0.00845. The van der Waals surface area contributed by atoms with E-state index in [0.717, 1.165) is 27.7 Å². The highest BCUT2D eigenvalue weighted by molar-refractivity contribution is 6.13. The number of rotatable bonds is 4. The Kier molecular flexibility index (Phi) is 4.92. The summed E-state index contributed by atoms with van der Waals surface area (Å²) in [4.78, 5) is 29.3. The standard InChI is InChI=1S/C25H20N2O2/c1-16-7-3-4-8-20(16)24-15-22(21-9-5-6-10-23(21)27-24)25(29)26-19-13-11-18(12-14-19)17(2)28/h3-15H,1-2H3,(H,26,29). The van der Waals surface area contributed by atoms with Crippen LogP contribution in [0.1, 0.15) is 33.2 Å². The van der Waals surface area contributed by atoms with E-state index in [1.807, 2.05) is 61.5 Å². The summed E-state index contributed by atoms with van der Waals surface area (Å²) in [6, 6.07) is 24.3. The smallest absolute Gasteiger partial charge is 0.256 e. The van der Waals surface area contributed by atoms with Crippen molar-refractivity contribution >= 4 is 28.3 Å². The molecule has 0 radical (unpaired) electrons. The number of nitrogens with one attached hydrogen (secondary N) is 1. The van der Waals surface area contributed by atoms with Gasteiger partial charge in [-0.25, -0.2) is 4.98 Å². The quantitative estimate of drug-likeness (QED) is 0.464. The van der Waals surface area contributed by atoms with E-state index in [1.165, 1.54) is 6.92 Å². The molecule has 29 heavy (non-hydrogen) atoms. The molecule has 0 saturated heterocycles. The second kappa shape index (κ2) is 7.68. The Morgan fingerprint density at radius 3 is 2.28 bits per heavy atom. The lowest BCUT2D eigenvalue weighted by Crippen LogP contribution is -2.13. The number of nitrogens with zero attached hydrogens (tertiary/aromatic N) is 1. The second-order valence-corrected chi connectivity index (χ2v) is 6.97. The topological polar surface area (TPSA) is 59.1 Å². The largest absolute Gasteiger partial charge is 0.322 e. The molecule has 4 aromatic rings. The summed E-state index contributed by atoms with van der Waals surface area (Å²) in [6.07, 6.45) is 0. The lowest BCUT2D eigenvalue weighted by molar-refractivity contribution is 0.101. The van der Waals surface area contributed by atoms with E-state index in [-0.39, 0.29) is 11.7 Å². The van der Waals surface area contributed by atoms with Crippen LogP contribution in [0.15, 0.2) is 78.9 Å². The van der Waals surface area contributed by atoms with E-state index >= 15 is 0 Å².